The summed E-state index contributed by atoms with van der Waals surface area (Å²) in [5.74, 6) is 0.872. The topological polar surface area (TPSA) is 15.8 Å². The van der Waals surface area contributed by atoms with Crippen molar-refractivity contribution in [1.82, 2.24) is 4.90 Å². The zero-order valence-electron chi connectivity index (χ0n) is 9.92. The van der Waals surface area contributed by atoms with E-state index in [0.717, 1.165) is 25.1 Å². The van der Waals surface area contributed by atoms with Gasteiger partial charge in [-0.2, -0.15) is 0 Å². The first kappa shape index (κ1) is 10.4. The van der Waals surface area contributed by atoms with Crippen molar-refractivity contribution in [3.63, 3.8) is 0 Å². The lowest BCUT2D eigenvalue weighted by Gasteiger charge is -2.49. The molecule has 0 aromatic heterocycles. The van der Waals surface area contributed by atoms with Crippen LogP contribution in [-0.4, -0.2) is 35.7 Å². The molecular weight excluding hydrogens is 174 g/mol. The molecule has 2 fully saturated rings. The van der Waals surface area contributed by atoms with E-state index in [1.54, 1.807) is 0 Å². The largest absolute Gasteiger partial charge is 0.372 e. The van der Waals surface area contributed by atoms with E-state index in [0.29, 0.717) is 11.6 Å². The van der Waals surface area contributed by atoms with E-state index in [9.17, 15) is 0 Å². The smallest absolute Gasteiger partial charge is 0.0936 e. The first-order valence-corrected chi connectivity index (χ1v) is 5.87. The van der Waals surface area contributed by atoms with Crippen LogP contribution in [-0.2, 0) is 4.74 Å². The van der Waals surface area contributed by atoms with Crippen LogP contribution in [0.2, 0.25) is 0 Å². The number of likely N-dealkylation sites (tertiary alicyclic amines) is 1. The normalized spacial score (nSPS) is 42.4. The van der Waals surface area contributed by atoms with Gasteiger partial charge < -0.3 is 4.74 Å². The molecule has 0 spiro atoms. The fourth-order valence-corrected chi connectivity index (χ4v) is 3.18. The molecule has 0 unspecified atom stereocenters. The highest BCUT2D eigenvalue weighted by molar-refractivity contribution is 4.94. The second kappa shape index (κ2) is 3.49. The van der Waals surface area contributed by atoms with Crippen molar-refractivity contribution in [2.24, 2.45) is 5.92 Å². The second-order valence-electron chi connectivity index (χ2n) is 5.81. The quantitative estimate of drug-likeness (QED) is 0.631. The molecule has 0 radical (unpaired) electrons. The van der Waals surface area contributed by atoms with E-state index in [1.807, 2.05) is 0 Å². The Morgan fingerprint density at radius 3 is 2.50 bits per heavy atom. The predicted octanol–water partition coefficient (Wildman–Crippen LogP) is 2.28. The molecule has 2 aliphatic rings. The van der Waals surface area contributed by atoms with Gasteiger partial charge in [0.2, 0.25) is 0 Å². The monoisotopic (exact) mass is 197 g/mol. The van der Waals surface area contributed by atoms with Gasteiger partial charge in [-0.3, -0.25) is 4.90 Å². The van der Waals surface area contributed by atoms with Gasteiger partial charge in [0.15, 0.2) is 0 Å². The number of epoxide rings is 1. The number of hydrogen-bond acceptors (Lipinski definition) is 2. The minimum absolute atomic E-state index is 0.364. The van der Waals surface area contributed by atoms with E-state index < -0.39 is 0 Å². The maximum Gasteiger partial charge on any atom is 0.0936 e. The first-order valence-electron chi connectivity index (χ1n) is 5.87. The van der Waals surface area contributed by atoms with Crippen LogP contribution < -0.4 is 0 Å². The number of hydrogen-bond donors (Lipinski definition) is 0. The van der Waals surface area contributed by atoms with Gasteiger partial charge in [-0.05, 0) is 39.5 Å². The van der Waals surface area contributed by atoms with Gasteiger partial charge in [-0.1, -0.05) is 6.92 Å². The molecule has 2 aliphatic heterocycles. The average molecular weight is 197 g/mol. The molecule has 0 aliphatic carbocycles. The zero-order valence-corrected chi connectivity index (χ0v) is 9.92. The summed E-state index contributed by atoms with van der Waals surface area (Å²) in [5.41, 5.74) is 0.364. The highest BCUT2D eigenvalue weighted by Crippen LogP contribution is 2.35. The number of piperidine rings is 1. The van der Waals surface area contributed by atoms with Crippen molar-refractivity contribution in [3.8, 4) is 0 Å². The Labute approximate surface area is 87.6 Å². The third kappa shape index (κ3) is 2.12. The molecule has 2 heterocycles. The minimum Gasteiger partial charge on any atom is -0.372 e. The van der Waals surface area contributed by atoms with Gasteiger partial charge >= 0.3 is 0 Å². The number of nitrogens with zero attached hydrogens (tertiary/aromatic N) is 1. The third-order valence-corrected chi connectivity index (χ3v) is 3.70. The van der Waals surface area contributed by atoms with Crippen molar-refractivity contribution < 1.29 is 4.74 Å². The number of rotatable bonds is 2. The molecule has 2 nitrogen and oxygen atoms in total. The maximum atomic E-state index is 5.34. The Bertz CT molecular complexity index is 210. The van der Waals surface area contributed by atoms with Crippen molar-refractivity contribution in [2.75, 3.05) is 13.2 Å². The summed E-state index contributed by atoms with van der Waals surface area (Å²) >= 11 is 0. The standard InChI is InChI=1S/C12H23NO/c1-9-5-10(2)13(7-11-8-14-11)12(3,4)6-9/h9-11H,5-8H2,1-4H3/t9-,10+,11+/m0/s1. The molecule has 14 heavy (non-hydrogen) atoms. The van der Waals surface area contributed by atoms with E-state index >= 15 is 0 Å². The molecule has 0 amide bonds. The molecule has 82 valence electrons. The van der Waals surface area contributed by atoms with Crippen molar-refractivity contribution >= 4 is 0 Å². The highest BCUT2D eigenvalue weighted by Gasteiger charge is 2.40. The molecule has 0 saturated carbocycles. The molecule has 2 saturated heterocycles. The second-order valence-corrected chi connectivity index (χ2v) is 5.81. The van der Waals surface area contributed by atoms with Crippen LogP contribution in [0.25, 0.3) is 0 Å². The van der Waals surface area contributed by atoms with Crippen molar-refractivity contribution in [2.45, 2.75) is 58.2 Å². The Morgan fingerprint density at radius 1 is 1.36 bits per heavy atom. The molecule has 0 N–H and O–H groups in total. The van der Waals surface area contributed by atoms with Gasteiger partial charge in [0.1, 0.15) is 0 Å². The lowest BCUT2D eigenvalue weighted by molar-refractivity contribution is 0.00324. The lowest BCUT2D eigenvalue weighted by atomic mass is 9.80. The van der Waals surface area contributed by atoms with Crippen LogP contribution in [0.15, 0.2) is 0 Å². The van der Waals surface area contributed by atoms with Gasteiger partial charge in [-0.15, -0.1) is 0 Å². The average Bonchev–Trinajstić information content (AvgIpc) is 2.78. The summed E-state index contributed by atoms with van der Waals surface area (Å²) in [6.45, 7) is 11.6. The molecule has 3 atom stereocenters. The molecule has 0 aromatic rings. The first-order chi connectivity index (χ1) is 6.49. The summed E-state index contributed by atoms with van der Waals surface area (Å²) in [5, 5.41) is 0. The minimum atomic E-state index is 0.364. The summed E-state index contributed by atoms with van der Waals surface area (Å²) in [6, 6.07) is 0.720. The van der Waals surface area contributed by atoms with E-state index in [2.05, 4.69) is 32.6 Å². The molecule has 2 heteroatoms. The van der Waals surface area contributed by atoms with Crippen LogP contribution in [0.1, 0.15) is 40.5 Å². The van der Waals surface area contributed by atoms with E-state index in [1.165, 1.54) is 12.8 Å². The zero-order chi connectivity index (χ0) is 10.3. The fourth-order valence-electron chi connectivity index (χ4n) is 3.18. The van der Waals surface area contributed by atoms with Crippen LogP contribution in [0.4, 0.5) is 0 Å². The van der Waals surface area contributed by atoms with Crippen LogP contribution in [0, 0.1) is 5.92 Å². The van der Waals surface area contributed by atoms with Crippen LogP contribution in [0.3, 0.4) is 0 Å². The summed E-state index contributed by atoms with van der Waals surface area (Å²) in [4.78, 5) is 2.64. The van der Waals surface area contributed by atoms with Gasteiger partial charge in [0, 0.05) is 18.1 Å². The van der Waals surface area contributed by atoms with Gasteiger partial charge in [0.25, 0.3) is 0 Å². The predicted molar refractivity (Wildman–Crippen MR) is 58.4 cm³/mol. The molecular formula is C12H23NO. The lowest BCUT2D eigenvalue weighted by Crippen LogP contribution is -2.55. The van der Waals surface area contributed by atoms with Gasteiger partial charge in [-0.25, -0.2) is 0 Å². The van der Waals surface area contributed by atoms with Crippen LogP contribution >= 0.6 is 0 Å². The van der Waals surface area contributed by atoms with Gasteiger partial charge in [0.05, 0.1) is 12.7 Å². The summed E-state index contributed by atoms with van der Waals surface area (Å²) < 4.78 is 5.34. The summed E-state index contributed by atoms with van der Waals surface area (Å²) in [6.07, 6.45) is 3.20. The fraction of sp³-hybridized carbons (Fsp3) is 1.00. The molecule has 2 rings (SSSR count). The Morgan fingerprint density at radius 2 is 2.00 bits per heavy atom. The molecule has 0 bridgehead atoms. The van der Waals surface area contributed by atoms with Crippen LogP contribution in [0.5, 0.6) is 0 Å². The Balaban J connectivity index is 2.02. The van der Waals surface area contributed by atoms with Crippen molar-refractivity contribution in [3.05, 3.63) is 0 Å². The Kier molecular flexibility index (Phi) is 2.61. The highest BCUT2D eigenvalue weighted by atomic mass is 16.6. The maximum absolute atomic E-state index is 5.34. The Hall–Kier alpha value is -0.0800. The van der Waals surface area contributed by atoms with E-state index in [-0.39, 0.29) is 0 Å². The third-order valence-electron chi connectivity index (χ3n) is 3.70. The summed E-state index contributed by atoms with van der Waals surface area (Å²) in [7, 11) is 0. The molecule has 0 aromatic carbocycles. The van der Waals surface area contributed by atoms with Crippen molar-refractivity contribution in [1.29, 1.82) is 0 Å². The van der Waals surface area contributed by atoms with E-state index in [4.69, 9.17) is 4.74 Å². The SMILES string of the molecule is C[C@H]1C[C@@H](C)N(C[C@@H]2CO2)C(C)(C)C1. The number of ether oxygens (including phenoxy) is 1.